The van der Waals surface area contributed by atoms with Crippen LogP contribution in [0.25, 0.3) is 4.95 Å². The van der Waals surface area contributed by atoms with Gasteiger partial charge in [0.15, 0.2) is 8.32 Å². The number of nitrogens with one attached hydrogen (secondary N) is 2. The highest BCUT2D eigenvalue weighted by Crippen LogP contribution is 2.36. The number of anilines is 3. The normalized spacial score (nSPS) is 11.5. The van der Waals surface area contributed by atoms with Crippen LogP contribution in [0.1, 0.15) is 40.8 Å². The summed E-state index contributed by atoms with van der Waals surface area (Å²) in [6.07, 6.45) is 1.43. The molecule has 37 heavy (non-hydrogen) atoms. The molecule has 0 aliphatic carbocycles. The van der Waals surface area contributed by atoms with Crippen LogP contribution in [0.15, 0.2) is 54.0 Å². The van der Waals surface area contributed by atoms with Gasteiger partial charge >= 0.3 is 0 Å². The van der Waals surface area contributed by atoms with Gasteiger partial charge in [-0.3, -0.25) is 9.59 Å². The van der Waals surface area contributed by atoms with Crippen molar-refractivity contribution in [2.24, 2.45) is 0 Å². The highest BCUT2D eigenvalue weighted by atomic mass is 35.5. The number of aromatic nitrogens is 1. The summed E-state index contributed by atoms with van der Waals surface area (Å²) in [4.78, 5) is 33.5. The number of amides is 2. The summed E-state index contributed by atoms with van der Waals surface area (Å²) in [6.45, 7) is 19.4. The molecule has 2 heterocycles. The highest BCUT2D eigenvalue weighted by Gasteiger charge is 2.37. The van der Waals surface area contributed by atoms with E-state index in [4.69, 9.17) is 22.6 Å². The summed E-state index contributed by atoms with van der Waals surface area (Å²) in [5.41, 5.74) is 1.51. The standard InChI is InChI=1S/C26H30ClN5O3SSi/c1-26(2,3)37(5,6)35-15-14-32(28-4)20-10-8-19(9-11-20)30-25(34)23-21(13-16-36-23)24(33)31-22-12-7-18(27)17-29-22/h7-13,16-17H,14-15H2,1-3,5-6H3,(H,30,34)(H,29,31,33). The van der Waals surface area contributed by atoms with E-state index in [0.29, 0.717) is 35.4 Å². The van der Waals surface area contributed by atoms with E-state index in [2.05, 4.69) is 54.4 Å². The number of benzene rings is 1. The molecule has 2 amide bonds. The average Bonchev–Trinajstić information content (AvgIpc) is 3.34. The number of thiophene rings is 1. The van der Waals surface area contributed by atoms with E-state index in [1.165, 1.54) is 17.5 Å². The molecule has 3 aromatic rings. The number of hydrogen-bond acceptors (Lipinski definition) is 6. The van der Waals surface area contributed by atoms with Gasteiger partial charge in [0.05, 0.1) is 17.2 Å². The third-order valence-electron chi connectivity index (χ3n) is 6.20. The number of carbonyl (C=O) groups excluding carboxylic acids is 2. The summed E-state index contributed by atoms with van der Waals surface area (Å²) in [5.74, 6) is -0.507. The zero-order chi connectivity index (χ0) is 27.2. The maximum absolute atomic E-state index is 12.9. The molecule has 0 spiro atoms. The topological polar surface area (TPSA) is 87.9 Å². The van der Waals surface area contributed by atoms with Crippen molar-refractivity contribution in [3.05, 3.63) is 81.0 Å². The third-order valence-corrected chi connectivity index (χ3v) is 11.9. The lowest BCUT2D eigenvalue weighted by Gasteiger charge is -2.36. The molecule has 2 N–H and O–H groups in total. The fourth-order valence-electron chi connectivity index (χ4n) is 3.04. The van der Waals surface area contributed by atoms with Gasteiger partial charge in [0.1, 0.15) is 22.9 Å². The van der Waals surface area contributed by atoms with Crippen LogP contribution in [-0.4, -0.2) is 38.3 Å². The summed E-state index contributed by atoms with van der Waals surface area (Å²) >= 11 is 7.00. The predicted octanol–water partition coefficient (Wildman–Crippen LogP) is 6.96. The molecule has 11 heteroatoms. The van der Waals surface area contributed by atoms with E-state index in [-0.39, 0.29) is 15.5 Å². The maximum Gasteiger partial charge on any atom is 0.266 e. The lowest BCUT2D eigenvalue weighted by Crippen LogP contribution is -2.42. The van der Waals surface area contributed by atoms with Gasteiger partial charge in [-0.05, 0) is 66.0 Å². The Labute approximate surface area is 227 Å². The van der Waals surface area contributed by atoms with Crippen LogP contribution in [0, 0.1) is 6.57 Å². The number of pyridine rings is 1. The van der Waals surface area contributed by atoms with Gasteiger partial charge in [0.25, 0.3) is 11.8 Å². The minimum Gasteiger partial charge on any atom is -0.415 e. The van der Waals surface area contributed by atoms with Crippen LogP contribution in [0.5, 0.6) is 0 Å². The number of halogens is 1. The van der Waals surface area contributed by atoms with E-state index in [1.807, 2.05) is 0 Å². The Kier molecular flexibility index (Phi) is 9.10. The van der Waals surface area contributed by atoms with E-state index in [0.717, 1.165) is 0 Å². The van der Waals surface area contributed by atoms with Crippen LogP contribution in [-0.2, 0) is 4.43 Å². The van der Waals surface area contributed by atoms with E-state index >= 15 is 0 Å². The molecule has 0 radical (unpaired) electrons. The van der Waals surface area contributed by atoms with Crippen molar-refractivity contribution in [1.29, 1.82) is 0 Å². The molecular weight excluding hydrogens is 526 g/mol. The van der Waals surface area contributed by atoms with Crippen molar-refractivity contribution in [2.45, 2.75) is 38.9 Å². The van der Waals surface area contributed by atoms with Gasteiger partial charge in [-0.2, -0.15) is 11.5 Å². The Bertz CT molecular complexity index is 1280. The smallest absolute Gasteiger partial charge is 0.266 e. The summed E-state index contributed by atoms with van der Waals surface area (Å²) in [7, 11) is -1.89. The zero-order valence-electron chi connectivity index (χ0n) is 21.5. The lowest BCUT2D eigenvalue weighted by atomic mass is 10.2. The van der Waals surface area contributed by atoms with Gasteiger partial charge in [0, 0.05) is 11.9 Å². The van der Waals surface area contributed by atoms with Crippen LogP contribution >= 0.6 is 22.9 Å². The van der Waals surface area contributed by atoms with E-state index < -0.39 is 20.1 Å². The first-order chi connectivity index (χ1) is 17.4. The molecule has 2 aromatic heterocycles. The first kappa shape index (κ1) is 28.3. The van der Waals surface area contributed by atoms with E-state index in [1.54, 1.807) is 52.9 Å². The molecule has 0 atom stereocenters. The van der Waals surface area contributed by atoms with Crippen molar-refractivity contribution in [1.82, 2.24) is 4.98 Å². The molecule has 0 aliphatic rings. The molecule has 194 valence electrons. The van der Waals surface area contributed by atoms with Crippen molar-refractivity contribution in [2.75, 3.05) is 28.8 Å². The van der Waals surface area contributed by atoms with Crippen LogP contribution < -0.4 is 15.6 Å². The minimum atomic E-state index is -1.89. The number of carbonyl (C=O) groups is 2. The molecular formula is C26H30ClN5O3SSi. The van der Waals surface area contributed by atoms with E-state index in [9.17, 15) is 9.59 Å². The van der Waals surface area contributed by atoms with Crippen molar-refractivity contribution in [3.8, 4) is 0 Å². The Balaban J connectivity index is 1.61. The molecule has 3 rings (SSSR count). The number of nitrogens with zero attached hydrogens (tertiary/aromatic N) is 3. The van der Waals surface area contributed by atoms with Crippen LogP contribution in [0.2, 0.25) is 23.2 Å². The number of hydrogen-bond donors (Lipinski definition) is 2. The Hall–Kier alpha value is -3.23. The van der Waals surface area contributed by atoms with Crippen molar-refractivity contribution in [3.63, 3.8) is 0 Å². The Morgan fingerprint density at radius 2 is 1.81 bits per heavy atom. The molecule has 8 nitrogen and oxygen atoms in total. The molecule has 0 fully saturated rings. The van der Waals surface area contributed by atoms with Gasteiger partial charge in [-0.1, -0.05) is 37.4 Å². The largest absolute Gasteiger partial charge is 0.415 e. The van der Waals surface area contributed by atoms with Crippen molar-refractivity contribution >= 4 is 60.3 Å². The average molecular weight is 556 g/mol. The summed E-state index contributed by atoms with van der Waals surface area (Å²) in [5, 5.41) is 9.27. The zero-order valence-corrected chi connectivity index (χ0v) is 24.0. The molecule has 0 saturated carbocycles. The second-order valence-electron chi connectivity index (χ2n) is 9.81. The second kappa shape index (κ2) is 11.9. The lowest BCUT2D eigenvalue weighted by molar-refractivity contribution is 0.0993. The van der Waals surface area contributed by atoms with Crippen LogP contribution in [0.4, 0.5) is 17.2 Å². The Morgan fingerprint density at radius 1 is 1.11 bits per heavy atom. The van der Waals surface area contributed by atoms with Gasteiger partial charge < -0.3 is 15.1 Å². The number of rotatable bonds is 9. The monoisotopic (exact) mass is 555 g/mol. The summed E-state index contributed by atoms with van der Waals surface area (Å²) < 4.78 is 6.19. The quantitative estimate of drug-likeness (QED) is 0.169. The first-order valence-electron chi connectivity index (χ1n) is 11.6. The van der Waals surface area contributed by atoms with Crippen LogP contribution in [0.3, 0.4) is 0 Å². The third kappa shape index (κ3) is 7.39. The first-order valence-corrected chi connectivity index (χ1v) is 15.8. The fourth-order valence-corrected chi connectivity index (χ4v) is 4.98. The fraction of sp³-hybridized carbons (Fsp3) is 0.308. The molecule has 1 aromatic carbocycles. The molecule has 0 saturated heterocycles. The van der Waals surface area contributed by atoms with Gasteiger partial charge in [0.2, 0.25) is 0 Å². The second-order valence-corrected chi connectivity index (χ2v) is 16.0. The molecule has 0 aliphatic heterocycles. The maximum atomic E-state index is 12.9. The predicted molar refractivity (Wildman–Crippen MR) is 153 cm³/mol. The van der Waals surface area contributed by atoms with Gasteiger partial charge in [-0.15, -0.1) is 11.3 Å². The molecule has 0 unspecified atom stereocenters. The molecule has 0 bridgehead atoms. The SMILES string of the molecule is [C-]#[N+]N(CCO[Si](C)(C)C(C)(C)C)c1ccc(NC(=O)c2sccc2C(=O)Nc2ccc(Cl)cn2)cc1. The Morgan fingerprint density at radius 3 is 2.41 bits per heavy atom. The van der Waals surface area contributed by atoms with Crippen molar-refractivity contribution < 1.29 is 14.0 Å². The summed E-state index contributed by atoms with van der Waals surface area (Å²) in [6, 6.07) is 11.8. The highest BCUT2D eigenvalue weighted by molar-refractivity contribution is 7.12. The minimum absolute atomic E-state index is 0.103. The van der Waals surface area contributed by atoms with Gasteiger partial charge in [-0.25, -0.2) is 4.98 Å².